The number of H-pyrrole nitrogens is 1. The fourth-order valence-electron chi connectivity index (χ4n) is 3.73. The average molecular weight is 435 g/mol. The molecule has 5 nitrogen and oxygen atoms in total. The number of methoxy groups -OCH3 is 2. The summed E-state index contributed by atoms with van der Waals surface area (Å²) in [5.74, 6) is 1.09. The number of aromatic amines is 1. The molecule has 6 heteroatoms. The van der Waals surface area contributed by atoms with E-state index in [2.05, 4.69) is 16.4 Å². The lowest BCUT2D eigenvalue weighted by molar-refractivity contribution is 0.0952. The topological polar surface area (TPSA) is 63.4 Å². The Kier molecular flexibility index (Phi) is 6.14. The Bertz CT molecular complexity index is 1200. The number of halogens is 1. The van der Waals surface area contributed by atoms with Gasteiger partial charge in [-0.1, -0.05) is 41.9 Å². The van der Waals surface area contributed by atoms with Crippen molar-refractivity contribution in [2.24, 2.45) is 0 Å². The minimum absolute atomic E-state index is 0.0419. The fourth-order valence-corrected chi connectivity index (χ4v) is 3.99. The normalized spacial score (nSPS) is 11.8. The molecule has 31 heavy (non-hydrogen) atoms. The zero-order valence-electron chi connectivity index (χ0n) is 17.3. The van der Waals surface area contributed by atoms with Crippen molar-refractivity contribution in [3.05, 3.63) is 94.6 Å². The van der Waals surface area contributed by atoms with Crippen LogP contribution in [0.2, 0.25) is 5.02 Å². The van der Waals surface area contributed by atoms with Gasteiger partial charge in [0.05, 0.1) is 19.2 Å². The van der Waals surface area contributed by atoms with Crippen molar-refractivity contribution in [3.8, 4) is 11.5 Å². The van der Waals surface area contributed by atoms with Gasteiger partial charge in [0.25, 0.3) is 5.91 Å². The molecule has 3 aromatic carbocycles. The Labute approximate surface area is 186 Å². The number of hydrogen-bond acceptors (Lipinski definition) is 3. The van der Waals surface area contributed by atoms with Crippen LogP contribution in [-0.2, 0) is 0 Å². The van der Waals surface area contributed by atoms with Crippen molar-refractivity contribution in [2.75, 3.05) is 20.8 Å². The lowest BCUT2D eigenvalue weighted by Crippen LogP contribution is -2.28. The summed E-state index contributed by atoms with van der Waals surface area (Å²) in [6.07, 6.45) is 2.01. The van der Waals surface area contributed by atoms with Gasteiger partial charge in [-0.05, 0) is 47.5 Å². The van der Waals surface area contributed by atoms with E-state index in [1.807, 2.05) is 48.7 Å². The van der Waals surface area contributed by atoms with E-state index in [0.29, 0.717) is 22.9 Å². The van der Waals surface area contributed by atoms with Gasteiger partial charge in [0.1, 0.15) is 11.5 Å². The standard InChI is InChI=1S/C25H23ClN2O3/c1-30-18-10-7-16(8-11-18)20(21-15-27-23-6-4-3-5-19(21)23)14-28-25(29)17-9-12-24(31-2)22(26)13-17/h3-13,15,20,27H,14H2,1-2H3,(H,28,29)/t20-/m0/s1. The number of ether oxygens (including phenoxy) is 2. The summed E-state index contributed by atoms with van der Waals surface area (Å²) in [6, 6.07) is 21.1. The van der Waals surface area contributed by atoms with E-state index in [4.69, 9.17) is 21.1 Å². The highest BCUT2D eigenvalue weighted by Crippen LogP contribution is 2.31. The first kappa shape index (κ1) is 20.8. The fraction of sp³-hybridized carbons (Fsp3) is 0.160. The van der Waals surface area contributed by atoms with Crippen LogP contribution >= 0.6 is 11.6 Å². The Hall–Kier alpha value is -3.44. The van der Waals surface area contributed by atoms with E-state index in [9.17, 15) is 4.79 Å². The Balaban J connectivity index is 1.63. The van der Waals surface area contributed by atoms with Crippen molar-refractivity contribution < 1.29 is 14.3 Å². The molecule has 158 valence electrons. The highest BCUT2D eigenvalue weighted by molar-refractivity contribution is 6.32. The van der Waals surface area contributed by atoms with Crippen LogP contribution in [0.5, 0.6) is 11.5 Å². The highest BCUT2D eigenvalue weighted by Gasteiger charge is 2.20. The number of amides is 1. The van der Waals surface area contributed by atoms with E-state index in [-0.39, 0.29) is 11.8 Å². The number of aromatic nitrogens is 1. The Morgan fingerprint density at radius 1 is 1.03 bits per heavy atom. The number of fused-ring (bicyclic) bond motifs is 1. The van der Waals surface area contributed by atoms with Gasteiger partial charge < -0.3 is 19.8 Å². The van der Waals surface area contributed by atoms with Gasteiger partial charge in [-0.2, -0.15) is 0 Å². The maximum Gasteiger partial charge on any atom is 0.251 e. The molecule has 0 fully saturated rings. The number of carbonyl (C=O) groups is 1. The molecule has 0 spiro atoms. The van der Waals surface area contributed by atoms with Gasteiger partial charge in [0.15, 0.2) is 0 Å². The third-order valence-corrected chi connectivity index (χ3v) is 5.69. The van der Waals surface area contributed by atoms with Gasteiger partial charge in [-0.25, -0.2) is 0 Å². The second-order valence-corrected chi connectivity index (χ2v) is 7.58. The molecule has 0 aliphatic heterocycles. The van der Waals surface area contributed by atoms with E-state index >= 15 is 0 Å². The molecule has 2 N–H and O–H groups in total. The van der Waals surface area contributed by atoms with Crippen LogP contribution in [0.1, 0.15) is 27.4 Å². The third-order valence-electron chi connectivity index (χ3n) is 5.40. The van der Waals surface area contributed by atoms with Gasteiger partial charge in [-0.15, -0.1) is 0 Å². The molecule has 0 bridgehead atoms. The third kappa shape index (κ3) is 4.37. The van der Waals surface area contributed by atoms with Crippen LogP contribution in [-0.4, -0.2) is 31.7 Å². The van der Waals surface area contributed by atoms with Crippen molar-refractivity contribution in [1.82, 2.24) is 10.3 Å². The molecule has 0 saturated carbocycles. The average Bonchev–Trinajstić information content (AvgIpc) is 3.23. The van der Waals surface area contributed by atoms with Gasteiger partial charge in [-0.3, -0.25) is 4.79 Å². The summed E-state index contributed by atoms with van der Waals surface area (Å²) in [6.45, 7) is 0.427. The summed E-state index contributed by atoms with van der Waals surface area (Å²) in [4.78, 5) is 16.2. The van der Waals surface area contributed by atoms with E-state index in [1.54, 1.807) is 32.4 Å². The number of para-hydroxylation sites is 1. The van der Waals surface area contributed by atoms with Gasteiger partial charge in [0, 0.05) is 35.1 Å². The predicted molar refractivity (Wildman–Crippen MR) is 123 cm³/mol. The Morgan fingerprint density at radius 3 is 2.52 bits per heavy atom. The van der Waals surface area contributed by atoms with Crippen molar-refractivity contribution in [1.29, 1.82) is 0 Å². The first-order valence-electron chi connectivity index (χ1n) is 9.92. The van der Waals surface area contributed by atoms with Crippen LogP contribution in [0, 0.1) is 0 Å². The van der Waals surface area contributed by atoms with Crippen LogP contribution < -0.4 is 14.8 Å². The van der Waals surface area contributed by atoms with Crippen molar-refractivity contribution in [3.63, 3.8) is 0 Å². The first-order chi connectivity index (χ1) is 15.1. The number of hydrogen-bond donors (Lipinski definition) is 2. The quantitative estimate of drug-likeness (QED) is 0.409. The zero-order valence-corrected chi connectivity index (χ0v) is 18.1. The monoisotopic (exact) mass is 434 g/mol. The minimum Gasteiger partial charge on any atom is -0.497 e. The van der Waals surface area contributed by atoms with E-state index in [0.717, 1.165) is 27.8 Å². The molecule has 0 aliphatic rings. The SMILES string of the molecule is COc1ccc([C@H](CNC(=O)c2ccc(OC)c(Cl)c2)c2c[nH]c3ccccc23)cc1. The highest BCUT2D eigenvalue weighted by atomic mass is 35.5. The number of nitrogens with one attached hydrogen (secondary N) is 2. The largest absolute Gasteiger partial charge is 0.497 e. The molecular formula is C25H23ClN2O3. The molecule has 0 saturated heterocycles. The predicted octanol–water partition coefficient (Wildman–Crippen LogP) is 5.40. The second kappa shape index (κ2) is 9.14. The van der Waals surface area contributed by atoms with Crippen LogP contribution in [0.3, 0.4) is 0 Å². The molecular weight excluding hydrogens is 412 g/mol. The number of rotatable bonds is 7. The molecule has 1 atom stereocenters. The summed E-state index contributed by atoms with van der Waals surface area (Å²) in [7, 11) is 3.19. The maximum absolute atomic E-state index is 12.8. The van der Waals surface area contributed by atoms with Crippen molar-refractivity contribution in [2.45, 2.75) is 5.92 Å². The Morgan fingerprint density at radius 2 is 1.81 bits per heavy atom. The molecule has 4 rings (SSSR count). The smallest absolute Gasteiger partial charge is 0.251 e. The molecule has 1 aromatic heterocycles. The van der Waals surface area contributed by atoms with Gasteiger partial charge in [0.2, 0.25) is 0 Å². The second-order valence-electron chi connectivity index (χ2n) is 7.17. The number of carbonyl (C=O) groups excluding carboxylic acids is 1. The van der Waals surface area contributed by atoms with E-state index in [1.165, 1.54) is 0 Å². The number of benzene rings is 3. The minimum atomic E-state index is -0.192. The molecule has 1 amide bonds. The molecule has 1 heterocycles. The lowest BCUT2D eigenvalue weighted by Gasteiger charge is -2.19. The molecule has 0 aliphatic carbocycles. The summed E-state index contributed by atoms with van der Waals surface area (Å²) >= 11 is 6.19. The summed E-state index contributed by atoms with van der Waals surface area (Å²) in [5.41, 5.74) is 3.75. The lowest BCUT2D eigenvalue weighted by atomic mass is 9.90. The van der Waals surface area contributed by atoms with Crippen LogP contribution in [0.4, 0.5) is 0 Å². The van der Waals surface area contributed by atoms with Crippen LogP contribution in [0.25, 0.3) is 10.9 Å². The van der Waals surface area contributed by atoms with Gasteiger partial charge >= 0.3 is 0 Å². The van der Waals surface area contributed by atoms with Crippen LogP contribution in [0.15, 0.2) is 72.9 Å². The van der Waals surface area contributed by atoms with Crippen molar-refractivity contribution >= 4 is 28.4 Å². The summed E-state index contributed by atoms with van der Waals surface area (Å²) in [5, 5.41) is 4.59. The molecule has 4 aromatic rings. The van der Waals surface area contributed by atoms with E-state index < -0.39 is 0 Å². The maximum atomic E-state index is 12.8. The molecule has 0 radical (unpaired) electrons. The molecule has 0 unspecified atom stereocenters. The summed E-state index contributed by atoms with van der Waals surface area (Å²) < 4.78 is 10.5. The zero-order chi connectivity index (χ0) is 21.8. The first-order valence-corrected chi connectivity index (χ1v) is 10.3.